The molecule has 0 fully saturated rings. The van der Waals surface area contributed by atoms with Gasteiger partial charge in [-0.15, -0.1) is 6.42 Å². The number of hydrogen-bond donors (Lipinski definition) is 0. The summed E-state index contributed by atoms with van der Waals surface area (Å²) in [5, 5.41) is 4.01. The molecule has 0 aliphatic carbocycles. The first-order chi connectivity index (χ1) is 7.26. The van der Waals surface area contributed by atoms with E-state index in [0.717, 1.165) is 0 Å². The van der Waals surface area contributed by atoms with Crippen LogP contribution in [0.15, 0.2) is 18.3 Å². The van der Waals surface area contributed by atoms with Crippen LogP contribution in [-0.2, 0) is 4.74 Å². The van der Waals surface area contributed by atoms with Crippen LogP contribution in [0, 0.1) is 12.3 Å². The van der Waals surface area contributed by atoms with Gasteiger partial charge in [-0.05, 0) is 18.1 Å². The molecule has 0 amide bonds. The SMILES string of the molecule is C#Cc1cnc2ccc(C(=O)OC)nn12. The van der Waals surface area contributed by atoms with Crippen LogP contribution in [0.4, 0.5) is 0 Å². The summed E-state index contributed by atoms with van der Waals surface area (Å²) < 4.78 is 5.97. The molecule has 5 heteroatoms. The molecule has 0 aliphatic heterocycles. The maximum Gasteiger partial charge on any atom is 0.358 e. The Kier molecular flexibility index (Phi) is 2.10. The number of nitrogens with zero attached hydrogens (tertiary/aromatic N) is 3. The number of fused-ring (bicyclic) bond motifs is 1. The third kappa shape index (κ3) is 1.42. The van der Waals surface area contributed by atoms with E-state index in [1.54, 1.807) is 6.07 Å². The van der Waals surface area contributed by atoms with Crippen molar-refractivity contribution in [3.05, 3.63) is 29.7 Å². The van der Waals surface area contributed by atoms with Crippen LogP contribution < -0.4 is 0 Å². The van der Waals surface area contributed by atoms with Crippen LogP contribution in [0.1, 0.15) is 16.2 Å². The van der Waals surface area contributed by atoms with Crippen molar-refractivity contribution in [1.82, 2.24) is 14.6 Å². The number of carbonyl (C=O) groups is 1. The van der Waals surface area contributed by atoms with Crippen molar-refractivity contribution in [2.24, 2.45) is 0 Å². The van der Waals surface area contributed by atoms with E-state index in [1.165, 1.54) is 23.9 Å². The van der Waals surface area contributed by atoms with Crippen LogP contribution in [0.2, 0.25) is 0 Å². The number of carbonyl (C=O) groups excluding carboxylic acids is 1. The van der Waals surface area contributed by atoms with E-state index in [9.17, 15) is 4.79 Å². The smallest absolute Gasteiger partial charge is 0.358 e. The molecule has 0 saturated carbocycles. The van der Waals surface area contributed by atoms with Crippen LogP contribution in [0.25, 0.3) is 5.65 Å². The molecule has 2 heterocycles. The van der Waals surface area contributed by atoms with Gasteiger partial charge in [0.15, 0.2) is 11.3 Å². The normalized spacial score (nSPS) is 9.87. The van der Waals surface area contributed by atoms with E-state index in [1.807, 2.05) is 0 Å². The Balaban J connectivity index is 2.64. The fourth-order valence-corrected chi connectivity index (χ4v) is 1.19. The lowest BCUT2D eigenvalue weighted by Gasteiger charge is -1.99. The van der Waals surface area contributed by atoms with Gasteiger partial charge in [0.2, 0.25) is 0 Å². The monoisotopic (exact) mass is 201 g/mol. The van der Waals surface area contributed by atoms with Gasteiger partial charge >= 0.3 is 5.97 Å². The molecule has 2 rings (SSSR count). The number of imidazole rings is 1. The summed E-state index contributed by atoms with van der Waals surface area (Å²) in [6, 6.07) is 3.19. The number of esters is 1. The molecule has 0 bridgehead atoms. The molecule has 5 nitrogen and oxygen atoms in total. The number of terminal acetylenes is 1. The number of rotatable bonds is 1. The molecular weight excluding hydrogens is 194 g/mol. The van der Waals surface area contributed by atoms with Gasteiger partial charge in [0, 0.05) is 0 Å². The summed E-state index contributed by atoms with van der Waals surface area (Å²) >= 11 is 0. The first-order valence-electron chi connectivity index (χ1n) is 4.16. The summed E-state index contributed by atoms with van der Waals surface area (Å²) in [5.74, 6) is 1.91. The Morgan fingerprint density at radius 2 is 2.40 bits per heavy atom. The first kappa shape index (κ1) is 9.21. The van der Waals surface area contributed by atoms with Crippen molar-refractivity contribution in [2.75, 3.05) is 7.11 Å². The topological polar surface area (TPSA) is 56.5 Å². The second-order valence-electron chi connectivity index (χ2n) is 2.77. The summed E-state index contributed by atoms with van der Waals surface area (Å²) in [4.78, 5) is 15.2. The lowest BCUT2D eigenvalue weighted by Crippen LogP contribution is -2.07. The fraction of sp³-hybridized carbons (Fsp3) is 0.100. The van der Waals surface area contributed by atoms with Gasteiger partial charge in [-0.3, -0.25) is 0 Å². The Morgan fingerprint density at radius 1 is 1.60 bits per heavy atom. The van der Waals surface area contributed by atoms with E-state index in [2.05, 4.69) is 20.7 Å². The number of hydrogen-bond acceptors (Lipinski definition) is 4. The van der Waals surface area contributed by atoms with Crippen LogP contribution in [-0.4, -0.2) is 27.7 Å². The molecule has 0 unspecified atom stereocenters. The van der Waals surface area contributed by atoms with Gasteiger partial charge in [-0.2, -0.15) is 5.10 Å². The molecule has 0 spiro atoms. The Morgan fingerprint density at radius 3 is 3.07 bits per heavy atom. The van der Waals surface area contributed by atoms with Gasteiger partial charge in [0.05, 0.1) is 13.3 Å². The quantitative estimate of drug-likeness (QED) is 0.498. The molecular formula is C10H7N3O2. The van der Waals surface area contributed by atoms with Crippen LogP contribution >= 0.6 is 0 Å². The first-order valence-corrected chi connectivity index (χ1v) is 4.16. The number of aromatic nitrogens is 3. The largest absolute Gasteiger partial charge is 0.464 e. The zero-order valence-electron chi connectivity index (χ0n) is 7.97. The Bertz CT molecular complexity index is 566. The maximum absolute atomic E-state index is 11.2. The molecule has 0 aliphatic rings. The maximum atomic E-state index is 11.2. The van der Waals surface area contributed by atoms with Crippen molar-refractivity contribution in [3.63, 3.8) is 0 Å². The molecule has 0 aromatic carbocycles. The molecule has 0 saturated heterocycles. The lowest BCUT2D eigenvalue weighted by molar-refractivity contribution is 0.0592. The number of methoxy groups -OCH3 is 1. The third-order valence-corrected chi connectivity index (χ3v) is 1.90. The van der Waals surface area contributed by atoms with Gasteiger partial charge in [0.1, 0.15) is 5.69 Å². The van der Waals surface area contributed by atoms with Gasteiger partial charge in [0.25, 0.3) is 0 Å². The molecule has 74 valence electrons. The van der Waals surface area contributed by atoms with Gasteiger partial charge < -0.3 is 4.74 Å². The summed E-state index contributed by atoms with van der Waals surface area (Å²) in [6.07, 6.45) is 6.77. The lowest BCUT2D eigenvalue weighted by atomic mass is 10.4. The zero-order valence-corrected chi connectivity index (χ0v) is 7.97. The van der Waals surface area contributed by atoms with Crippen LogP contribution in [0.3, 0.4) is 0 Å². The van der Waals surface area contributed by atoms with Gasteiger partial charge in [-0.1, -0.05) is 0 Å². The van der Waals surface area contributed by atoms with Crippen molar-refractivity contribution in [2.45, 2.75) is 0 Å². The molecule has 2 aromatic rings. The summed E-state index contributed by atoms with van der Waals surface area (Å²) in [7, 11) is 1.30. The molecule has 15 heavy (non-hydrogen) atoms. The highest BCUT2D eigenvalue weighted by atomic mass is 16.5. The standard InChI is InChI=1S/C10H7N3O2/c1-3-7-6-11-9-5-4-8(10(14)15-2)12-13(7)9/h1,4-6H,2H3. The fourth-order valence-electron chi connectivity index (χ4n) is 1.19. The highest BCUT2D eigenvalue weighted by Gasteiger charge is 2.09. The zero-order chi connectivity index (χ0) is 10.8. The van der Waals surface area contributed by atoms with E-state index in [-0.39, 0.29) is 5.69 Å². The Labute approximate surface area is 85.7 Å². The molecule has 0 atom stereocenters. The number of ether oxygens (including phenoxy) is 1. The summed E-state index contributed by atoms with van der Waals surface area (Å²) in [6.45, 7) is 0. The van der Waals surface area contributed by atoms with E-state index in [0.29, 0.717) is 11.3 Å². The van der Waals surface area contributed by atoms with E-state index in [4.69, 9.17) is 6.42 Å². The second kappa shape index (κ2) is 3.42. The van der Waals surface area contributed by atoms with Gasteiger partial charge in [-0.25, -0.2) is 14.3 Å². The molecule has 0 radical (unpaired) electrons. The van der Waals surface area contributed by atoms with E-state index < -0.39 is 5.97 Å². The third-order valence-electron chi connectivity index (χ3n) is 1.90. The average molecular weight is 201 g/mol. The van der Waals surface area contributed by atoms with Crippen molar-refractivity contribution in [1.29, 1.82) is 0 Å². The second-order valence-corrected chi connectivity index (χ2v) is 2.77. The Hall–Kier alpha value is -2.35. The predicted octanol–water partition coefficient (Wildman–Crippen LogP) is 0.497. The van der Waals surface area contributed by atoms with Crippen molar-refractivity contribution >= 4 is 11.6 Å². The highest BCUT2D eigenvalue weighted by molar-refractivity contribution is 5.87. The minimum Gasteiger partial charge on any atom is -0.464 e. The van der Waals surface area contributed by atoms with E-state index >= 15 is 0 Å². The van der Waals surface area contributed by atoms with Crippen molar-refractivity contribution < 1.29 is 9.53 Å². The minimum absolute atomic E-state index is 0.194. The summed E-state index contributed by atoms with van der Waals surface area (Å²) in [5.41, 5.74) is 1.28. The average Bonchev–Trinajstić information content (AvgIpc) is 2.69. The highest BCUT2D eigenvalue weighted by Crippen LogP contribution is 2.05. The molecule has 0 N–H and O–H groups in total. The van der Waals surface area contributed by atoms with Crippen LogP contribution in [0.5, 0.6) is 0 Å². The minimum atomic E-state index is -0.506. The predicted molar refractivity (Wildman–Crippen MR) is 52.3 cm³/mol. The van der Waals surface area contributed by atoms with Crippen molar-refractivity contribution in [3.8, 4) is 12.3 Å². The molecule has 2 aromatic heterocycles.